The molecule has 0 aromatic rings. The molecule has 3 heteroatoms. The largest absolute Gasteiger partial charge is 0.379 e. The van der Waals surface area contributed by atoms with Gasteiger partial charge in [0.2, 0.25) is 0 Å². The minimum Gasteiger partial charge on any atom is -0.379 e. The first-order valence-electron chi connectivity index (χ1n) is 6.36. The highest BCUT2D eigenvalue weighted by Crippen LogP contribution is 2.33. The highest BCUT2D eigenvalue weighted by Gasteiger charge is 2.30. The molecule has 0 radical (unpaired) electrons. The zero-order valence-corrected chi connectivity index (χ0v) is 10.5. The minimum atomic E-state index is 0.768. The first kappa shape index (κ1) is 11.7. The number of ether oxygens (including phenoxy) is 1. The van der Waals surface area contributed by atoms with Gasteiger partial charge in [-0.1, -0.05) is 19.8 Å². The summed E-state index contributed by atoms with van der Waals surface area (Å²) in [6, 6.07) is 0.768. The van der Waals surface area contributed by atoms with Gasteiger partial charge in [-0.05, 0) is 25.8 Å². The highest BCUT2D eigenvalue weighted by atomic mass is 32.2. The summed E-state index contributed by atoms with van der Waals surface area (Å²) in [6.07, 6.45) is 6.88. The quantitative estimate of drug-likeness (QED) is 0.782. The Morgan fingerprint density at radius 2 is 2.07 bits per heavy atom. The maximum atomic E-state index is 5.25. The molecule has 15 heavy (non-hydrogen) atoms. The van der Waals surface area contributed by atoms with Crippen LogP contribution in [0.15, 0.2) is 0 Å². The molecule has 0 aromatic heterocycles. The van der Waals surface area contributed by atoms with E-state index in [0.29, 0.717) is 0 Å². The van der Waals surface area contributed by atoms with Crippen LogP contribution in [0.5, 0.6) is 0 Å². The van der Waals surface area contributed by atoms with Crippen LogP contribution in [-0.4, -0.2) is 36.3 Å². The molecule has 1 aliphatic carbocycles. The molecule has 88 valence electrons. The Balaban J connectivity index is 1.76. The smallest absolute Gasteiger partial charge is 0.0608 e. The predicted molar refractivity (Wildman–Crippen MR) is 66.5 cm³/mol. The third-order valence-corrected chi connectivity index (χ3v) is 4.90. The second kappa shape index (κ2) is 6.12. The molecule has 1 saturated heterocycles. The van der Waals surface area contributed by atoms with E-state index in [-0.39, 0.29) is 0 Å². The molecule has 2 nitrogen and oxygen atoms in total. The van der Waals surface area contributed by atoms with Gasteiger partial charge in [0.1, 0.15) is 0 Å². The highest BCUT2D eigenvalue weighted by molar-refractivity contribution is 8.00. The molecule has 0 amide bonds. The van der Waals surface area contributed by atoms with Crippen LogP contribution in [0.3, 0.4) is 0 Å². The number of hydrogen-bond donors (Lipinski definition) is 1. The third kappa shape index (κ3) is 3.36. The standard InChI is InChI=1S/C12H23NOS/c1-2-7-13-11-5-3-4-6-12(11)15-10-8-14-9-10/h10-13H,2-9H2,1H3. The summed E-state index contributed by atoms with van der Waals surface area (Å²) >= 11 is 2.18. The first-order chi connectivity index (χ1) is 7.40. The number of nitrogens with one attached hydrogen (secondary N) is 1. The Hall–Kier alpha value is 0.270. The van der Waals surface area contributed by atoms with Crippen molar-refractivity contribution in [3.05, 3.63) is 0 Å². The van der Waals surface area contributed by atoms with Crippen molar-refractivity contribution in [2.24, 2.45) is 0 Å². The lowest BCUT2D eigenvalue weighted by atomic mass is 9.95. The second-order valence-corrected chi connectivity index (χ2v) is 6.22. The zero-order chi connectivity index (χ0) is 10.5. The summed E-state index contributed by atoms with van der Waals surface area (Å²) in [5.41, 5.74) is 0. The van der Waals surface area contributed by atoms with Gasteiger partial charge >= 0.3 is 0 Å². The van der Waals surface area contributed by atoms with Crippen molar-refractivity contribution in [2.45, 2.75) is 55.6 Å². The van der Waals surface area contributed by atoms with Gasteiger partial charge in [-0.15, -0.1) is 11.8 Å². The summed E-state index contributed by atoms with van der Waals surface area (Å²) in [7, 11) is 0. The molecule has 1 saturated carbocycles. The van der Waals surface area contributed by atoms with Gasteiger partial charge in [0.05, 0.1) is 18.5 Å². The molecule has 2 rings (SSSR count). The lowest BCUT2D eigenvalue weighted by Gasteiger charge is -2.36. The Labute approximate surface area is 97.5 Å². The molecule has 1 heterocycles. The van der Waals surface area contributed by atoms with Crippen molar-refractivity contribution in [1.82, 2.24) is 5.32 Å². The summed E-state index contributed by atoms with van der Waals surface area (Å²) in [6.45, 7) is 5.41. The van der Waals surface area contributed by atoms with Crippen molar-refractivity contribution in [2.75, 3.05) is 19.8 Å². The van der Waals surface area contributed by atoms with Crippen LogP contribution in [0.2, 0.25) is 0 Å². The van der Waals surface area contributed by atoms with Crippen LogP contribution < -0.4 is 5.32 Å². The van der Waals surface area contributed by atoms with E-state index in [1.165, 1.54) is 38.6 Å². The lowest BCUT2D eigenvalue weighted by Crippen LogP contribution is -2.43. The van der Waals surface area contributed by atoms with Gasteiger partial charge in [-0.2, -0.15) is 0 Å². The van der Waals surface area contributed by atoms with E-state index in [2.05, 4.69) is 24.0 Å². The second-order valence-electron chi connectivity index (χ2n) is 4.68. The van der Waals surface area contributed by atoms with Crippen LogP contribution in [0.1, 0.15) is 39.0 Å². The fraction of sp³-hybridized carbons (Fsp3) is 1.00. The molecule has 2 fully saturated rings. The van der Waals surface area contributed by atoms with Gasteiger partial charge in [-0.25, -0.2) is 0 Å². The summed E-state index contributed by atoms with van der Waals surface area (Å²) in [4.78, 5) is 0. The van der Waals surface area contributed by atoms with Crippen LogP contribution in [-0.2, 0) is 4.74 Å². The Kier molecular flexibility index (Phi) is 4.79. The number of thioether (sulfide) groups is 1. The Bertz CT molecular complexity index is 184. The molecule has 0 bridgehead atoms. The van der Waals surface area contributed by atoms with Crippen molar-refractivity contribution in [3.8, 4) is 0 Å². The van der Waals surface area contributed by atoms with E-state index in [9.17, 15) is 0 Å². The van der Waals surface area contributed by atoms with Gasteiger partial charge in [0.25, 0.3) is 0 Å². The van der Waals surface area contributed by atoms with Crippen LogP contribution in [0.4, 0.5) is 0 Å². The van der Waals surface area contributed by atoms with E-state index >= 15 is 0 Å². The number of hydrogen-bond acceptors (Lipinski definition) is 3. The average Bonchev–Trinajstić information content (AvgIpc) is 2.22. The molecule has 1 N–H and O–H groups in total. The SMILES string of the molecule is CCCNC1CCCCC1SC1COC1. The molecular formula is C12H23NOS. The van der Waals surface area contributed by atoms with E-state index in [0.717, 1.165) is 29.8 Å². The first-order valence-corrected chi connectivity index (χ1v) is 7.31. The summed E-state index contributed by atoms with van der Waals surface area (Å²) in [5.74, 6) is 0. The van der Waals surface area contributed by atoms with Gasteiger partial charge in [-0.3, -0.25) is 0 Å². The summed E-state index contributed by atoms with van der Waals surface area (Å²) < 4.78 is 5.25. The zero-order valence-electron chi connectivity index (χ0n) is 9.71. The monoisotopic (exact) mass is 229 g/mol. The average molecular weight is 229 g/mol. The molecule has 0 spiro atoms. The molecule has 0 aromatic carbocycles. The van der Waals surface area contributed by atoms with E-state index < -0.39 is 0 Å². The molecule has 2 atom stereocenters. The fourth-order valence-corrected chi connectivity index (χ4v) is 3.93. The lowest BCUT2D eigenvalue weighted by molar-refractivity contribution is 0.0451. The van der Waals surface area contributed by atoms with Crippen LogP contribution in [0, 0.1) is 0 Å². The van der Waals surface area contributed by atoms with Gasteiger partial charge in [0.15, 0.2) is 0 Å². The maximum Gasteiger partial charge on any atom is 0.0608 e. The predicted octanol–water partition coefficient (Wildman–Crippen LogP) is 2.43. The Morgan fingerprint density at radius 3 is 2.73 bits per heavy atom. The topological polar surface area (TPSA) is 21.3 Å². The summed E-state index contributed by atoms with van der Waals surface area (Å²) in [5, 5.41) is 5.35. The maximum absolute atomic E-state index is 5.25. The van der Waals surface area contributed by atoms with E-state index in [1.54, 1.807) is 0 Å². The molecule has 2 aliphatic rings. The van der Waals surface area contributed by atoms with Gasteiger partial charge < -0.3 is 10.1 Å². The normalized spacial score (nSPS) is 32.6. The fourth-order valence-electron chi connectivity index (χ4n) is 2.36. The molecule has 2 unspecified atom stereocenters. The van der Waals surface area contributed by atoms with Crippen molar-refractivity contribution >= 4 is 11.8 Å². The third-order valence-electron chi connectivity index (χ3n) is 3.33. The van der Waals surface area contributed by atoms with E-state index in [1.807, 2.05) is 0 Å². The van der Waals surface area contributed by atoms with Gasteiger partial charge in [0, 0.05) is 11.3 Å². The minimum absolute atomic E-state index is 0.768. The van der Waals surface area contributed by atoms with Crippen molar-refractivity contribution in [1.29, 1.82) is 0 Å². The van der Waals surface area contributed by atoms with E-state index in [4.69, 9.17) is 4.74 Å². The molecular weight excluding hydrogens is 206 g/mol. The van der Waals surface area contributed by atoms with Crippen LogP contribution >= 0.6 is 11.8 Å². The van der Waals surface area contributed by atoms with Crippen molar-refractivity contribution in [3.63, 3.8) is 0 Å². The number of rotatable bonds is 5. The Morgan fingerprint density at radius 1 is 1.27 bits per heavy atom. The molecule has 1 aliphatic heterocycles. The van der Waals surface area contributed by atoms with Crippen LogP contribution in [0.25, 0.3) is 0 Å². The van der Waals surface area contributed by atoms with Crippen molar-refractivity contribution < 1.29 is 4.74 Å².